The van der Waals surface area contributed by atoms with Gasteiger partial charge in [-0.15, -0.1) is 11.8 Å². The third kappa shape index (κ3) is 4.75. The molecule has 6 nitrogen and oxygen atoms in total. The minimum Gasteiger partial charge on any atom is -0.352 e. The minimum atomic E-state index is -4.51. The second-order valence-corrected chi connectivity index (χ2v) is 7.80. The number of nitrogens with zero attached hydrogens (tertiary/aromatic N) is 3. The van der Waals surface area contributed by atoms with E-state index in [-0.39, 0.29) is 17.9 Å². The number of halogens is 3. The van der Waals surface area contributed by atoms with Crippen LogP contribution in [0.5, 0.6) is 0 Å². The van der Waals surface area contributed by atoms with Gasteiger partial charge in [0.15, 0.2) is 5.69 Å². The quantitative estimate of drug-likeness (QED) is 0.797. The lowest BCUT2D eigenvalue weighted by Gasteiger charge is -2.24. The summed E-state index contributed by atoms with van der Waals surface area (Å²) in [7, 11) is 0. The Morgan fingerprint density at radius 2 is 1.97 bits per heavy atom. The van der Waals surface area contributed by atoms with E-state index >= 15 is 0 Å². The lowest BCUT2D eigenvalue weighted by molar-refractivity contribution is -0.141. The highest BCUT2D eigenvalue weighted by molar-refractivity contribution is 7.99. The maximum atomic E-state index is 12.9. The molecule has 0 spiro atoms. The van der Waals surface area contributed by atoms with Crippen molar-refractivity contribution in [2.75, 3.05) is 11.6 Å². The molecule has 0 aliphatic carbocycles. The molecule has 29 heavy (non-hydrogen) atoms. The van der Waals surface area contributed by atoms with Gasteiger partial charge in [0.05, 0.1) is 11.6 Å². The predicted molar refractivity (Wildman–Crippen MR) is 104 cm³/mol. The number of benzene rings is 1. The average molecular weight is 426 g/mol. The molecule has 2 heterocycles. The Morgan fingerprint density at radius 1 is 1.28 bits per heavy atom. The van der Waals surface area contributed by atoms with Crippen LogP contribution >= 0.6 is 11.8 Å². The minimum absolute atomic E-state index is 0.0278. The number of carbonyl (C=O) groups excluding carboxylic acids is 2. The summed E-state index contributed by atoms with van der Waals surface area (Å²) in [6, 6.07) is 6.48. The van der Waals surface area contributed by atoms with Crippen molar-refractivity contribution in [1.82, 2.24) is 20.0 Å². The van der Waals surface area contributed by atoms with Crippen LogP contribution in [0.4, 0.5) is 13.2 Å². The van der Waals surface area contributed by atoms with Crippen LogP contribution < -0.4 is 5.32 Å². The fourth-order valence-electron chi connectivity index (χ4n) is 2.84. The van der Waals surface area contributed by atoms with Crippen molar-refractivity contribution in [3.63, 3.8) is 0 Å². The zero-order valence-electron chi connectivity index (χ0n) is 15.9. The number of thioether (sulfide) groups is 1. The predicted octanol–water partition coefficient (Wildman–Crippen LogP) is 3.32. The first kappa shape index (κ1) is 21.2. The molecule has 1 saturated heterocycles. The van der Waals surface area contributed by atoms with Crippen LogP contribution in [-0.2, 0) is 11.0 Å². The van der Waals surface area contributed by atoms with Crippen molar-refractivity contribution < 1.29 is 22.8 Å². The molecule has 156 valence electrons. The van der Waals surface area contributed by atoms with E-state index in [1.165, 1.54) is 47.1 Å². The number of amides is 2. The third-order valence-corrected chi connectivity index (χ3v) is 5.72. The summed E-state index contributed by atoms with van der Waals surface area (Å²) < 4.78 is 39.2. The number of alkyl halides is 3. The van der Waals surface area contributed by atoms with Crippen LogP contribution in [0.3, 0.4) is 0 Å². The maximum absolute atomic E-state index is 12.9. The molecule has 0 saturated carbocycles. The molecule has 2 aromatic rings. The summed E-state index contributed by atoms with van der Waals surface area (Å²) in [5.41, 5.74) is -0.221. The van der Waals surface area contributed by atoms with Crippen LogP contribution in [0.25, 0.3) is 5.69 Å². The van der Waals surface area contributed by atoms with Crippen molar-refractivity contribution >= 4 is 23.6 Å². The fraction of sp³-hybridized carbons (Fsp3) is 0.421. The highest BCUT2D eigenvalue weighted by atomic mass is 32.2. The lowest BCUT2D eigenvalue weighted by atomic mass is 10.1. The summed E-state index contributed by atoms with van der Waals surface area (Å²) in [5, 5.41) is 6.42. The SMILES string of the molecule is CCC(C)NC(=O)C1CSCN1C(=O)c1ccc(-n2ccc(C(F)(F)F)n2)cc1. The molecular weight excluding hydrogens is 405 g/mol. The van der Waals surface area contributed by atoms with E-state index < -0.39 is 17.9 Å². The van der Waals surface area contributed by atoms with Crippen molar-refractivity contribution in [3.05, 3.63) is 47.8 Å². The number of aromatic nitrogens is 2. The molecule has 1 aromatic heterocycles. The van der Waals surface area contributed by atoms with Crippen molar-refractivity contribution in [2.24, 2.45) is 0 Å². The first-order valence-electron chi connectivity index (χ1n) is 9.13. The van der Waals surface area contributed by atoms with Crippen molar-refractivity contribution in [3.8, 4) is 5.69 Å². The Labute approximate surface area is 170 Å². The van der Waals surface area contributed by atoms with Crippen LogP contribution in [0.15, 0.2) is 36.5 Å². The number of rotatable bonds is 5. The number of nitrogens with one attached hydrogen (secondary N) is 1. The van der Waals surface area contributed by atoms with Crippen LogP contribution in [0.2, 0.25) is 0 Å². The second-order valence-electron chi connectivity index (χ2n) is 6.80. The molecule has 1 aromatic carbocycles. The molecule has 1 aliphatic rings. The normalized spacial score (nSPS) is 18.0. The van der Waals surface area contributed by atoms with Crippen molar-refractivity contribution in [2.45, 2.75) is 38.5 Å². The Bertz CT molecular complexity index is 882. The van der Waals surface area contributed by atoms with Crippen LogP contribution in [0, 0.1) is 0 Å². The van der Waals surface area contributed by atoms with Gasteiger partial charge >= 0.3 is 6.18 Å². The molecule has 0 radical (unpaired) electrons. The molecule has 1 aliphatic heterocycles. The topological polar surface area (TPSA) is 67.2 Å². The number of hydrogen-bond donors (Lipinski definition) is 1. The Kier molecular flexibility index (Phi) is 6.21. The highest BCUT2D eigenvalue weighted by Crippen LogP contribution is 2.28. The zero-order chi connectivity index (χ0) is 21.2. The molecule has 1 fully saturated rings. The van der Waals surface area contributed by atoms with Crippen LogP contribution in [0.1, 0.15) is 36.3 Å². The Balaban J connectivity index is 1.73. The van der Waals surface area contributed by atoms with E-state index in [1.807, 2.05) is 13.8 Å². The largest absolute Gasteiger partial charge is 0.435 e. The molecule has 3 rings (SSSR count). The monoisotopic (exact) mass is 426 g/mol. The average Bonchev–Trinajstić information content (AvgIpc) is 3.37. The highest BCUT2D eigenvalue weighted by Gasteiger charge is 2.36. The van der Waals surface area contributed by atoms with Gasteiger partial charge in [0, 0.05) is 23.6 Å². The fourth-order valence-corrected chi connectivity index (χ4v) is 4.00. The molecular formula is C19H21F3N4O2S. The van der Waals surface area contributed by atoms with Gasteiger partial charge in [0.1, 0.15) is 6.04 Å². The third-order valence-electron chi connectivity index (χ3n) is 4.71. The molecule has 2 atom stereocenters. The van der Waals surface area contributed by atoms with Gasteiger partial charge in [-0.05, 0) is 43.7 Å². The van der Waals surface area contributed by atoms with Crippen molar-refractivity contribution in [1.29, 1.82) is 0 Å². The molecule has 0 bridgehead atoms. The van der Waals surface area contributed by atoms with E-state index in [1.54, 1.807) is 0 Å². The van der Waals surface area contributed by atoms with Gasteiger partial charge in [-0.3, -0.25) is 9.59 Å². The lowest BCUT2D eigenvalue weighted by Crippen LogP contribution is -2.49. The molecule has 10 heteroatoms. The molecule has 1 N–H and O–H groups in total. The summed E-state index contributed by atoms with van der Waals surface area (Å²) >= 11 is 1.50. The van der Waals surface area contributed by atoms with E-state index in [9.17, 15) is 22.8 Å². The van der Waals surface area contributed by atoms with Gasteiger partial charge < -0.3 is 10.2 Å². The first-order valence-corrected chi connectivity index (χ1v) is 10.3. The summed E-state index contributed by atoms with van der Waals surface area (Å²) in [4.78, 5) is 26.8. The van der Waals surface area contributed by atoms with Gasteiger partial charge in [0.25, 0.3) is 5.91 Å². The van der Waals surface area contributed by atoms with E-state index in [0.717, 1.165) is 17.2 Å². The number of hydrogen-bond acceptors (Lipinski definition) is 4. The van der Waals surface area contributed by atoms with Gasteiger partial charge in [-0.25, -0.2) is 4.68 Å². The summed E-state index contributed by atoms with van der Waals surface area (Å²) in [5.74, 6) is 0.472. The zero-order valence-corrected chi connectivity index (χ0v) is 16.8. The van der Waals surface area contributed by atoms with Gasteiger partial charge in [-0.2, -0.15) is 18.3 Å². The summed E-state index contributed by atoms with van der Waals surface area (Å²) in [6.45, 7) is 3.88. The Morgan fingerprint density at radius 3 is 2.55 bits per heavy atom. The first-order chi connectivity index (χ1) is 13.7. The molecule has 2 unspecified atom stereocenters. The van der Waals surface area contributed by atoms with E-state index in [4.69, 9.17) is 0 Å². The Hall–Kier alpha value is -2.49. The van der Waals surface area contributed by atoms with E-state index in [2.05, 4.69) is 10.4 Å². The van der Waals surface area contributed by atoms with Crippen LogP contribution in [-0.4, -0.2) is 50.2 Å². The smallest absolute Gasteiger partial charge is 0.352 e. The summed E-state index contributed by atoms with van der Waals surface area (Å²) in [6.07, 6.45) is -2.50. The van der Waals surface area contributed by atoms with Gasteiger partial charge in [-0.1, -0.05) is 6.92 Å². The van der Waals surface area contributed by atoms with Gasteiger partial charge in [0.2, 0.25) is 5.91 Å². The standard InChI is InChI=1S/C19H21F3N4O2S/c1-3-12(2)23-17(27)15-10-29-11-25(15)18(28)13-4-6-14(7-5-13)26-9-8-16(24-26)19(20,21)22/h4-9,12,15H,3,10-11H2,1-2H3,(H,23,27). The second kappa shape index (κ2) is 8.48. The molecule has 2 amide bonds. The van der Waals surface area contributed by atoms with E-state index in [0.29, 0.717) is 22.9 Å². The number of carbonyl (C=O) groups is 2. The maximum Gasteiger partial charge on any atom is 0.435 e.